The van der Waals surface area contributed by atoms with E-state index < -0.39 is 35.0 Å². The fourth-order valence-corrected chi connectivity index (χ4v) is 4.49. The van der Waals surface area contributed by atoms with E-state index in [9.17, 15) is 33.0 Å². The molecule has 182 valence electrons. The average Bonchev–Trinajstić information content (AvgIpc) is 3.10. The van der Waals surface area contributed by atoms with Gasteiger partial charge >= 0.3 is 17.9 Å². The van der Waals surface area contributed by atoms with Crippen molar-refractivity contribution in [1.82, 2.24) is 4.57 Å². The Morgan fingerprint density at radius 1 is 1.06 bits per heavy atom. The van der Waals surface area contributed by atoms with E-state index >= 15 is 0 Å². The van der Waals surface area contributed by atoms with Crippen LogP contribution in [0.3, 0.4) is 0 Å². The summed E-state index contributed by atoms with van der Waals surface area (Å²) >= 11 is 6.38. The maximum atomic E-state index is 14.4. The van der Waals surface area contributed by atoms with Crippen molar-refractivity contribution in [1.29, 1.82) is 0 Å². The van der Waals surface area contributed by atoms with Crippen molar-refractivity contribution in [2.45, 2.75) is 24.6 Å². The number of carboxylic acid groups (broad SMARTS) is 1. The molecule has 0 bridgehead atoms. The molecular formula is C25H19ClF3NO5. The Morgan fingerprint density at radius 2 is 1.74 bits per heavy atom. The number of aromatic carboxylic acids is 1. The van der Waals surface area contributed by atoms with E-state index in [1.54, 1.807) is 12.1 Å². The van der Waals surface area contributed by atoms with Gasteiger partial charge in [-0.05, 0) is 52.6 Å². The number of halogens is 4. The molecule has 1 aromatic heterocycles. The predicted molar refractivity (Wildman–Crippen MR) is 124 cm³/mol. The number of nitrogens with zero attached hydrogens (tertiary/aromatic N) is 1. The van der Waals surface area contributed by atoms with Gasteiger partial charge in [-0.1, -0.05) is 48.9 Å². The van der Waals surface area contributed by atoms with E-state index in [-0.39, 0.29) is 27.2 Å². The zero-order chi connectivity index (χ0) is 25.7. The molecule has 0 amide bonds. The normalized spacial score (nSPS) is 14.6. The van der Waals surface area contributed by atoms with Crippen LogP contribution in [0.2, 0.25) is 5.02 Å². The van der Waals surface area contributed by atoms with Crippen molar-refractivity contribution >= 4 is 28.7 Å². The maximum absolute atomic E-state index is 14.4. The molecule has 0 aliphatic heterocycles. The second-order valence-corrected chi connectivity index (χ2v) is 8.62. The topological polar surface area (TPSA) is 92.7 Å². The summed E-state index contributed by atoms with van der Waals surface area (Å²) in [5.41, 5.74) is -2.59. The van der Waals surface area contributed by atoms with Gasteiger partial charge in [-0.2, -0.15) is 13.2 Å². The van der Waals surface area contributed by atoms with Crippen LogP contribution in [0.15, 0.2) is 69.9 Å². The third-order valence-electron chi connectivity index (χ3n) is 6.20. The third-order valence-corrected chi connectivity index (χ3v) is 6.53. The number of hydrogen-bond acceptors (Lipinski definition) is 4. The molecule has 10 heteroatoms. The Morgan fingerprint density at radius 3 is 2.37 bits per heavy atom. The van der Waals surface area contributed by atoms with Crippen LogP contribution in [-0.4, -0.2) is 26.9 Å². The smallest absolute Gasteiger partial charge is 0.422 e. The second kappa shape index (κ2) is 8.58. The Bertz CT molecular complexity index is 1510. The van der Waals surface area contributed by atoms with Gasteiger partial charge in [-0.25, -0.2) is 9.59 Å². The highest BCUT2D eigenvalue weighted by atomic mass is 35.5. The van der Waals surface area contributed by atoms with Gasteiger partial charge in [0.25, 0.3) is 0 Å². The number of alkyl halides is 3. The SMILES string of the molecule is CC(c1ccc(-c2cccc(C(=O)O)c2)cc1Cl)C(O)(c1ccc2c(c1)oc(=O)n2C)C(F)(F)F. The summed E-state index contributed by atoms with van der Waals surface area (Å²) in [6.45, 7) is 1.20. The van der Waals surface area contributed by atoms with E-state index in [2.05, 4.69) is 0 Å². The molecule has 0 radical (unpaired) electrons. The molecule has 0 fully saturated rings. The van der Waals surface area contributed by atoms with Crippen LogP contribution in [-0.2, 0) is 12.6 Å². The van der Waals surface area contributed by atoms with E-state index in [1.165, 1.54) is 50.4 Å². The van der Waals surface area contributed by atoms with E-state index in [0.717, 1.165) is 16.7 Å². The molecular weight excluding hydrogens is 487 g/mol. The van der Waals surface area contributed by atoms with Crippen molar-refractivity contribution in [3.63, 3.8) is 0 Å². The first kappa shape index (κ1) is 24.6. The molecule has 2 N–H and O–H groups in total. The van der Waals surface area contributed by atoms with Gasteiger partial charge in [0, 0.05) is 18.0 Å². The number of oxazole rings is 1. The van der Waals surface area contributed by atoms with Crippen LogP contribution in [0, 0.1) is 0 Å². The van der Waals surface area contributed by atoms with Crippen LogP contribution < -0.4 is 5.76 Å². The molecule has 4 aromatic rings. The second-order valence-electron chi connectivity index (χ2n) is 8.22. The molecule has 0 aliphatic carbocycles. The van der Waals surface area contributed by atoms with Gasteiger partial charge in [0.05, 0.1) is 11.1 Å². The van der Waals surface area contributed by atoms with Gasteiger partial charge in [0.15, 0.2) is 11.2 Å². The molecule has 0 saturated heterocycles. The van der Waals surface area contributed by atoms with Crippen molar-refractivity contribution in [3.05, 3.63) is 92.9 Å². The summed E-state index contributed by atoms with van der Waals surface area (Å²) in [7, 11) is 1.42. The lowest BCUT2D eigenvalue weighted by molar-refractivity contribution is -0.274. The average molecular weight is 506 g/mol. The fraction of sp³-hybridized carbons (Fsp3) is 0.200. The van der Waals surface area contributed by atoms with Crippen molar-refractivity contribution < 1.29 is 32.6 Å². The minimum Gasteiger partial charge on any atom is -0.478 e. The van der Waals surface area contributed by atoms with Crippen LogP contribution in [0.4, 0.5) is 13.2 Å². The predicted octanol–water partition coefficient (Wildman–Crippen LogP) is 5.70. The Labute approximate surface area is 201 Å². The number of aryl methyl sites for hydroxylation is 1. The zero-order valence-electron chi connectivity index (χ0n) is 18.4. The summed E-state index contributed by atoms with van der Waals surface area (Å²) in [5.74, 6) is -3.42. The molecule has 0 saturated carbocycles. The Hall–Kier alpha value is -3.56. The van der Waals surface area contributed by atoms with Gasteiger partial charge in [0.1, 0.15) is 0 Å². The summed E-state index contributed by atoms with van der Waals surface area (Å²) in [6.07, 6.45) is -5.10. The first-order valence-electron chi connectivity index (χ1n) is 10.4. The summed E-state index contributed by atoms with van der Waals surface area (Å²) in [6, 6.07) is 13.7. The van der Waals surface area contributed by atoms with Gasteiger partial charge in [-0.15, -0.1) is 0 Å². The standard InChI is InChI=1S/C25H19ClF3NO5/c1-13(18-8-6-15(11-19(18)26)14-4-3-5-16(10-14)22(31)32)24(34,25(27,28)29)17-7-9-20-21(12-17)35-23(33)30(20)2/h3-13,34H,1-2H3,(H,31,32). The number of aromatic nitrogens is 1. The number of carboxylic acids is 1. The number of rotatable bonds is 5. The number of fused-ring (bicyclic) bond motifs is 1. The molecule has 6 nitrogen and oxygen atoms in total. The highest BCUT2D eigenvalue weighted by Gasteiger charge is 2.59. The zero-order valence-corrected chi connectivity index (χ0v) is 19.2. The molecule has 0 aliphatic rings. The van der Waals surface area contributed by atoms with Crippen LogP contribution in [0.25, 0.3) is 22.2 Å². The molecule has 0 spiro atoms. The van der Waals surface area contributed by atoms with E-state index in [1.807, 2.05) is 0 Å². The van der Waals surface area contributed by atoms with Gasteiger partial charge in [-0.3, -0.25) is 4.57 Å². The van der Waals surface area contributed by atoms with Crippen LogP contribution in [0.1, 0.15) is 34.3 Å². The fourth-order valence-electron chi connectivity index (χ4n) is 4.14. The first-order valence-corrected chi connectivity index (χ1v) is 10.7. The minimum absolute atomic E-state index is 0.0271. The van der Waals surface area contributed by atoms with Crippen LogP contribution >= 0.6 is 11.6 Å². The third kappa shape index (κ3) is 4.11. The van der Waals surface area contributed by atoms with Gasteiger partial charge in [0.2, 0.25) is 0 Å². The molecule has 2 unspecified atom stereocenters. The lowest BCUT2D eigenvalue weighted by Gasteiger charge is -2.37. The summed E-state index contributed by atoms with van der Waals surface area (Å²) in [5, 5.41) is 20.3. The molecule has 35 heavy (non-hydrogen) atoms. The lowest BCUT2D eigenvalue weighted by atomic mass is 9.77. The Balaban J connectivity index is 1.80. The summed E-state index contributed by atoms with van der Waals surface area (Å²) in [4.78, 5) is 23.0. The van der Waals surface area contributed by atoms with Crippen molar-refractivity contribution in [2.24, 2.45) is 7.05 Å². The van der Waals surface area contributed by atoms with E-state index in [4.69, 9.17) is 16.0 Å². The number of carbonyl (C=O) groups is 1. The number of hydrogen-bond donors (Lipinski definition) is 2. The Kier molecular flexibility index (Phi) is 6.02. The maximum Gasteiger partial charge on any atom is 0.422 e. The molecule has 3 aromatic carbocycles. The lowest BCUT2D eigenvalue weighted by Crippen LogP contribution is -2.46. The van der Waals surface area contributed by atoms with E-state index in [0.29, 0.717) is 11.1 Å². The minimum atomic E-state index is -5.10. The quantitative estimate of drug-likeness (QED) is 0.363. The molecule has 1 heterocycles. The first-order chi connectivity index (χ1) is 16.3. The highest BCUT2D eigenvalue weighted by molar-refractivity contribution is 6.31. The largest absolute Gasteiger partial charge is 0.478 e. The molecule has 2 atom stereocenters. The van der Waals surface area contributed by atoms with Crippen molar-refractivity contribution in [3.8, 4) is 11.1 Å². The van der Waals surface area contributed by atoms with Crippen molar-refractivity contribution in [2.75, 3.05) is 0 Å². The highest BCUT2D eigenvalue weighted by Crippen LogP contribution is 2.50. The number of aliphatic hydroxyl groups is 1. The number of benzene rings is 3. The van der Waals surface area contributed by atoms with Crippen LogP contribution in [0.5, 0.6) is 0 Å². The monoisotopic (exact) mass is 505 g/mol. The summed E-state index contributed by atoms with van der Waals surface area (Å²) < 4.78 is 49.2. The molecule has 4 rings (SSSR count). The van der Waals surface area contributed by atoms with Gasteiger partial charge < -0.3 is 14.6 Å².